The fourth-order valence-electron chi connectivity index (χ4n) is 0. The van der Waals surface area contributed by atoms with Gasteiger partial charge in [0.25, 0.3) is 0 Å². The van der Waals surface area contributed by atoms with E-state index in [0.717, 1.165) is 0 Å². The van der Waals surface area contributed by atoms with E-state index in [1.165, 1.54) is 0 Å². The Hall–Kier alpha value is 3.22. The van der Waals surface area contributed by atoms with Gasteiger partial charge in [0.2, 0.25) is 0 Å². The molecule has 0 radical (unpaired) electrons. The van der Waals surface area contributed by atoms with Crippen molar-refractivity contribution in [3.8, 4) is 0 Å². The molecule has 0 rings (SSSR count). The molecule has 66 valence electrons. The molecule has 0 fully saturated rings. The van der Waals surface area contributed by atoms with E-state index in [1.54, 1.807) is 0 Å². The standard InChI is InChI=1S/ClH.K.2Mg.6H2O.5H/h1H;;;;6*1H2;;;;;/q;+1;2*+2;;;;;;;5*-1. The third-order valence-corrected chi connectivity index (χ3v) is 0. The molecule has 10 heavy (non-hydrogen) atoms. The molecule has 0 saturated heterocycles. The van der Waals surface area contributed by atoms with Gasteiger partial charge < -0.3 is 40.0 Å². The Kier molecular flexibility index (Phi) is 2830. The van der Waals surface area contributed by atoms with Crippen LogP contribution in [0.5, 0.6) is 0 Å². The normalized spacial score (nSPS) is 0. The van der Waals surface area contributed by atoms with Gasteiger partial charge >= 0.3 is 97.5 Å². The van der Waals surface area contributed by atoms with Crippen LogP contribution in [-0.4, -0.2) is 79.0 Å². The van der Waals surface area contributed by atoms with Crippen LogP contribution in [0.25, 0.3) is 0 Å². The van der Waals surface area contributed by atoms with E-state index in [4.69, 9.17) is 0 Å². The molecule has 0 bridgehead atoms. The van der Waals surface area contributed by atoms with Crippen molar-refractivity contribution in [2.75, 3.05) is 0 Å². The third kappa shape index (κ3) is 113. The van der Waals surface area contributed by atoms with Gasteiger partial charge in [0.05, 0.1) is 0 Å². The van der Waals surface area contributed by atoms with Crippen molar-refractivity contribution in [1.82, 2.24) is 0 Å². The fourth-order valence-corrected chi connectivity index (χ4v) is 0. The van der Waals surface area contributed by atoms with Crippen LogP contribution in [0.3, 0.4) is 0 Å². The minimum absolute atomic E-state index is 0. The first-order valence-corrected chi connectivity index (χ1v) is 0. The summed E-state index contributed by atoms with van der Waals surface area (Å²) in [7, 11) is 0. The molecule has 0 saturated carbocycles. The van der Waals surface area contributed by atoms with Gasteiger partial charge in [-0.3, -0.25) is 0 Å². The second-order valence-corrected chi connectivity index (χ2v) is 0. The van der Waals surface area contributed by atoms with Crippen LogP contribution >= 0.6 is 12.4 Å². The van der Waals surface area contributed by atoms with Crippen LogP contribution in [0, 0.1) is 0 Å². The molecule has 0 aliphatic rings. The molecule has 0 amide bonds. The van der Waals surface area contributed by atoms with Gasteiger partial charge in [-0.2, -0.15) is 0 Å². The smallest absolute Gasteiger partial charge is 1.00 e. The van der Waals surface area contributed by atoms with Crippen molar-refractivity contribution in [3.05, 3.63) is 0 Å². The van der Waals surface area contributed by atoms with Gasteiger partial charge in [-0.25, -0.2) is 0 Å². The first-order chi connectivity index (χ1) is 0. The van der Waals surface area contributed by atoms with E-state index in [2.05, 4.69) is 0 Å². The molecule has 0 aromatic carbocycles. The van der Waals surface area contributed by atoms with Crippen molar-refractivity contribution in [3.63, 3.8) is 0 Å². The zero-order valence-corrected chi connectivity index (χ0v) is 12.6. The molecule has 0 heterocycles. The minimum atomic E-state index is 0. The SMILES string of the molecule is Cl.O.O.O.O.O.O.[H-].[H-].[H-].[H-].[H-].[K+].[Mg+2].[Mg+2]. The van der Waals surface area contributed by atoms with Crippen molar-refractivity contribution in [2.24, 2.45) is 0 Å². The molecule has 12 N–H and O–H groups in total. The van der Waals surface area contributed by atoms with Crippen LogP contribution in [-0.2, 0) is 0 Å². The van der Waals surface area contributed by atoms with Crippen molar-refractivity contribution < 1.29 is 91.4 Å². The van der Waals surface area contributed by atoms with Crippen molar-refractivity contribution in [1.29, 1.82) is 0 Å². The monoisotopic (exact) mass is 236 g/mol. The quantitative estimate of drug-likeness (QED) is 0.362. The summed E-state index contributed by atoms with van der Waals surface area (Å²) in [5, 5.41) is 0. The second-order valence-electron chi connectivity index (χ2n) is 0. The van der Waals surface area contributed by atoms with Gasteiger partial charge in [0.15, 0.2) is 0 Å². The maximum absolute atomic E-state index is 0. The average molecular weight is 237 g/mol. The van der Waals surface area contributed by atoms with Gasteiger partial charge in [-0.05, 0) is 0 Å². The third-order valence-electron chi connectivity index (χ3n) is 0. The summed E-state index contributed by atoms with van der Waals surface area (Å²) in [6.07, 6.45) is 0. The predicted octanol–water partition coefficient (Wildman–Crippen LogP) is -7.72. The van der Waals surface area contributed by atoms with E-state index < -0.39 is 0 Å². The molecule has 6 nitrogen and oxygen atoms in total. The zero-order valence-electron chi connectivity index (χ0n) is 10.8. The molecule has 0 spiro atoms. The number of hydrogen-bond acceptors (Lipinski definition) is 0. The Balaban J connectivity index is 0. The molecular weight excluding hydrogens is 219 g/mol. The van der Waals surface area contributed by atoms with Gasteiger partial charge in [-0.15, -0.1) is 12.4 Å². The van der Waals surface area contributed by atoms with Gasteiger partial charge in [0.1, 0.15) is 0 Å². The first kappa shape index (κ1) is 190. The molecule has 0 atom stereocenters. The summed E-state index contributed by atoms with van der Waals surface area (Å²) < 4.78 is 0. The van der Waals surface area contributed by atoms with Crippen LogP contribution < -0.4 is 51.4 Å². The second kappa shape index (κ2) is 148. The van der Waals surface area contributed by atoms with Crippen LogP contribution in [0.2, 0.25) is 0 Å². The Labute approximate surface area is 147 Å². The maximum Gasteiger partial charge on any atom is 2.00 e. The van der Waals surface area contributed by atoms with E-state index in [9.17, 15) is 0 Å². The molecule has 0 aliphatic carbocycles. The van der Waals surface area contributed by atoms with E-state index in [0.29, 0.717) is 0 Å². The van der Waals surface area contributed by atoms with Crippen LogP contribution in [0.15, 0.2) is 0 Å². The van der Waals surface area contributed by atoms with Crippen molar-refractivity contribution >= 4 is 58.5 Å². The molecule has 0 aliphatic heterocycles. The fraction of sp³-hybridized carbons (Fsp3) is 0. The predicted molar refractivity (Wildman–Crippen MR) is 46.0 cm³/mol. The molecule has 0 aromatic rings. The Morgan fingerprint density at radius 3 is 0.500 bits per heavy atom. The number of hydrogen-bond donors (Lipinski definition) is 0. The van der Waals surface area contributed by atoms with E-state index in [-0.39, 0.29) is 150 Å². The Bertz CT molecular complexity index is 29.5. The number of halogens is 1. The first-order valence-electron chi connectivity index (χ1n) is 0. The zero-order chi connectivity index (χ0) is 0. The minimum Gasteiger partial charge on any atom is -1.00 e. The molecule has 10 heteroatoms. The Morgan fingerprint density at radius 2 is 0.500 bits per heavy atom. The summed E-state index contributed by atoms with van der Waals surface area (Å²) in [6.45, 7) is 0. The van der Waals surface area contributed by atoms with Gasteiger partial charge in [0, 0.05) is 0 Å². The summed E-state index contributed by atoms with van der Waals surface area (Å²) in [5.74, 6) is 0. The van der Waals surface area contributed by atoms with E-state index >= 15 is 0 Å². The summed E-state index contributed by atoms with van der Waals surface area (Å²) in [5.41, 5.74) is 0. The summed E-state index contributed by atoms with van der Waals surface area (Å²) >= 11 is 0. The summed E-state index contributed by atoms with van der Waals surface area (Å²) in [4.78, 5) is 0. The molecule has 0 unspecified atom stereocenters. The van der Waals surface area contributed by atoms with Crippen LogP contribution in [0.4, 0.5) is 0 Å². The number of rotatable bonds is 0. The molecule has 0 aromatic heterocycles. The van der Waals surface area contributed by atoms with E-state index in [1.807, 2.05) is 0 Å². The maximum atomic E-state index is 0. The summed E-state index contributed by atoms with van der Waals surface area (Å²) in [6, 6.07) is 0. The average Bonchev–Trinajstić information content (AvgIpc) is 0. The van der Waals surface area contributed by atoms with Crippen LogP contribution in [0.1, 0.15) is 7.13 Å². The Morgan fingerprint density at radius 1 is 0.500 bits per heavy atom. The topological polar surface area (TPSA) is 189 Å². The van der Waals surface area contributed by atoms with Gasteiger partial charge in [-0.1, -0.05) is 0 Å². The molecular formula is H18ClKMg2O6. The van der Waals surface area contributed by atoms with Crippen molar-refractivity contribution in [2.45, 2.75) is 0 Å². The largest absolute Gasteiger partial charge is 2.00 e.